The van der Waals surface area contributed by atoms with Crippen molar-refractivity contribution in [3.63, 3.8) is 0 Å². The molecule has 1 unspecified atom stereocenters. The Morgan fingerprint density at radius 2 is 2.06 bits per heavy atom. The molecule has 8 heteroatoms. The van der Waals surface area contributed by atoms with Gasteiger partial charge in [-0.1, -0.05) is 6.92 Å². The number of carbonyl (C=O) groups excluding carboxylic acids is 2. The Hall–Kier alpha value is -0.920. The number of nitrogens with zero attached hydrogens (tertiary/aromatic N) is 1. The van der Waals surface area contributed by atoms with Gasteiger partial charge >= 0.3 is 5.51 Å². The van der Waals surface area contributed by atoms with Gasteiger partial charge in [0.05, 0.1) is 6.54 Å². The smallest absolute Gasteiger partial charge is 0.345 e. The van der Waals surface area contributed by atoms with Gasteiger partial charge in [-0.3, -0.25) is 9.59 Å². The monoisotopic (exact) mass is 284 g/mol. The van der Waals surface area contributed by atoms with Crippen LogP contribution in [-0.4, -0.2) is 46.6 Å². The van der Waals surface area contributed by atoms with Crippen molar-refractivity contribution in [2.24, 2.45) is 0 Å². The molecular formula is C10H15F3N2O2S. The zero-order chi connectivity index (χ0) is 14.0. The fraction of sp³-hybridized carbons (Fsp3) is 0.800. The van der Waals surface area contributed by atoms with Crippen LogP contribution >= 0.6 is 11.8 Å². The maximum Gasteiger partial charge on any atom is 0.441 e. The number of halogens is 3. The van der Waals surface area contributed by atoms with Crippen LogP contribution in [0, 0.1) is 0 Å². The van der Waals surface area contributed by atoms with Crippen LogP contribution in [0.2, 0.25) is 0 Å². The summed E-state index contributed by atoms with van der Waals surface area (Å²) in [6.45, 7) is 3.06. The van der Waals surface area contributed by atoms with Gasteiger partial charge in [-0.05, 0) is 25.1 Å². The lowest BCUT2D eigenvalue weighted by Gasteiger charge is -2.43. The molecule has 1 fully saturated rings. The average molecular weight is 284 g/mol. The third kappa shape index (κ3) is 3.30. The van der Waals surface area contributed by atoms with Crippen molar-refractivity contribution < 1.29 is 22.8 Å². The van der Waals surface area contributed by atoms with E-state index in [1.54, 1.807) is 13.8 Å². The number of rotatable bonds is 4. The van der Waals surface area contributed by atoms with Gasteiger partial charge in [0.1, 0.15) is 5.54 Å². The first-order valence-corrected chi connectivity index (χ1v) is 6.48. The van der Waals surface area contributed by atoms with Crippen LogP contribution in [0.5, 0.6) is 0 Å². The van der Waals surface area contributed by atoms with E-state index in [1.165, 1.54) is 4.90 Å². The molecule has 0 spiro atoms. The highest BCUT2D eigenvalue weighted by atomic mass is 32.2. The Bertz CT molecular complexity index is 349. The van der Waals surface area contributed by atoms with Crippen LogP contribution in [-0.2, 0) is 9.59 Å². The lowest BCUT2D eigenvalue weighted by atomic mass is 9.93. The van der Waals surface area contributed by atoms with Gasteiger partial charge in [-0.25, -0.2) is 0 Å². The fourth-order valence-corrected chi connectivity index (χ4v) is 2.32. The quantitative estimate of drug-likeness (QED) is 0.848. The molecule has 1 N–H and O–H groups in total. The van der Waals surface area contributed by atoms with Crippen molar-refractivity contribution in [1.29, 1.82) is 0 Å². The van der Waals surface area contributed by atoms with Gasteiger partial charge in [0, 0.05) is 12.3 Å². The third-order valence-corrected chi connectivity index (χ3v) is 3.77. The minimum absolute atomic E-state index is 0.0826. The van der Waals surface area contributed by atoms with E-state index in [-0.39, 0.29) is 42.4 Å². The van der Waals surface area contributed by atoms with Gasteiger partial charge in [-0.15, -0.1) is 0 Å². The zero-order valence-electron chi connectivity index (χ0n) is 10.1. The molecule has 1 rings (SSSR count). The average Bonchev–Trinajstić information content (AvgIpc) is 2.27. The summed E-state index contributed by atoms with van der Waals surface area (Å²) < 4.78 is 36.1. The highest BCUT2D eigenvalue weighted by Gasteiger charge is 2.44. The van der Waals surface area contributed by atoms with Crippen LogP contribution < -0.4 is 5.32 Å². The summed E-state index contributed by atoms with van der Waals surface area (Å²) >= 11 is -0.184. The topological polar surface area (TPSA) is 49.4 Å². The molecule has 0 saturated carbocycles. The third-order valence-electron chi connectivity index (χ3n) is 3.06. The minimum Gasteiger partial charge on any atom is -0.345 e. The maximum absolute atomic E-state index is 12.0. The number of alkyl halides is 3. The largest absolute Gasteiger partial charge is 0.441 e. The van der Waals surface area contributed by atoms with E-state index in [1.807, 2.05) is 0 Å². The minimum atomic E-state index is -4.32. The van der Waals surface area contributed by atoms with Crippen molar-refractivity contribution in [2.45, 2.75) is 31.3 Å². The molecule has 0 bridgehead atoms. The molecule has 1 heterocycles. The Balaban J connectivity index is 2.70. The van der Waals surface area contributed by atoms with Crippen LogP contribution in [0.3, 0.4) is 0 Å². The number of carbonyl (C=O) groups is 2. The summed E-state index contributed by atoms with van der Waals surface area (Å²) in [7, 11) is 0. The number of amides is 2. The van der Waals surface area contributed by atoms with Gasteiger partial charge in [0.15, 0.2) is 0 Å². The summed E-state index contributed by atoms with van der Waals surface area (Å²) in [5.74, 6) is -0.929. The number of hydrogen-bond donors (Lipinski definition) is 1. The van der Waals surface area contributed by atoms with Crippen molar-refractivity contribution in [3.05, 3.63) is 0 Å². The highest BCUT2D eigenvalue weighted by molar-refractivity contribution is 8.00. The van der Waals surface area contributed by atoms with Crippen LogP contribution in [0.25, 0.3) is 0 Å². The standard InChI is InChI=1S/C10H15F3N2O2S/c1-3-9(2)8(17)14-6-7(16)15(9)4-5-18-10(11,12)13/h3-6H2,1-2H3,(H,14,17). The summed E-state index contributed by atoms with van der Waals surface area (Å²) in [4.78, 5) is 24.7. The molecule has 0 aromatic carbocycles. The molecule has 2 amide bonds. The van der Waals surface area contributed by atoms with E-state index in [9.17, 15) is 22.8 Å². The second-order valence-corrected chi connectivity index (χ2v) is 5.31. The highest BCUT2D eigenvalue weighted by Crippen LogP contribution is 2.31. The summed E-state index contributed by atoms with van der Waals surface area (Å²) in [5, 5.41) is 2.45. The van der Waals surface area contributed by atoms with Crippen molar-refractivity contribution in [3.8, 4) is 0 Å². The lowest BCUT2D eigenvalue weighted by Crippen LogP contribution is -2.65. The van der Waals surface area contributed by atoms with Crippen LogP contribution in [0.4, 0.5) is 13.2 Å². The number of piperazine rings is 1. The van der Waals surface area contributed by atoms with Crippen LogP contribution in [0.1, 0.15) is 20.3 Å². The molecule has 104 valence electrons. The van der Waals surface area contributed by atoms with Crippen molar-refractivity contribution in [2.75, 3.05) is 18.8 Å². The second kappa shape index (κ2) is 5.38. The summed E-state index contributed by atoms with van der Waals surface area (Å²) in [5.41, 5.74) is -5.37. The molecular weight excluding hydrogens is 269 g/mol. The van der Waals surface area contributed by atoms with E-state index in [2.05, 4.69) is 5.32 Å². The van der Waals surface area contributed by atoms with Gasteiger partial charge in [-0.2, -0.15) is 13.2 Å². The summed E-state index contributed by atoms with van der Waals surface area (Å²) in [6, 6.07) is 0. The molecule has 1 atom stereocenters. The molecule has 0 radical (unpaired) electrons. The number of hydrogen-bond acceptors (Lipinski definition) is 3. The molecule has 1 aliphatic heterocycles. The molecule has 18 heavy (non-hydrogen) atoms. The Kier molecular flexibility index (Phi) is 4.52. The SMILES string of the molecule is CCC1(C)C(=O)NCC(=O)N1CCSC(F)(F)F. The predicted octanol–water partition coefficient (Wildman–Crippen LogP) is 1.37. The Morgan fingerprint density at radius 3 is 2.56 bits per heavy atom. The molecule has 0 aliphatic carbocycles. The zero-order valence-corrected chi connectivity index (χ0v) is 11.0. The van der Waals surface area contributed by atoms with Gasteiger partial charge in [0.2, 0.25) is 11.8 Å². The molecule has 1 saturated heterocycles. The number of nitrogens with one attached hydrogen (secondary N) is 1. The van der Waals surface area contributed by atoms with E-state index in [0.29, 0.717) is 6.42 Å². The van der Waals surface area contributed by atoms with Gasteiger partial charge < -0.3 is 10.2 Å². The maximum atomic E-state index is 12.0. The first kappa shape index (κ1) is 15.1. The van der Waals surface area contributed by atoms with Crippen LogP contribution in [0.15, 0.2) is 0 Å². The lowest BCUT2D eigenvalue weighted by molar-refractivity contribution is -0.152. The molecule has 4 nitrogen and oxygen atoms in total. The first-order valence-electron chi connectivity index (χ1n) is 5.50. The van der Waals surface area contributed by atoms with E-state index in [0.717, 1.165) is 0 Å². The van der Waals surface area contributed by atoms with Gasteiger partial charge in [0.25, 0.3) is 0 Å². The van der Waals surface area contributed by atoms with E-state index in [4.69, 9.17) is 0 Å². The molecule has 1 aliphatic rings. The van der Waals surface area contributed by atoms with E-state index < -0.39 is 11.0 Å². The second-order valence-electron chi connectivity index (χ2n) is 4.15. The van der Waals surface area contributed by atoms with Crippen molar-refractivity contribution in [1.82, 2.24) is 10.2 Å². The first-order chi connectivity index (χ1) is 8.20. The summed E-state index contributed by atoms with van der Waals surface area (Å²) in [6.07, 6.45) is 0.362. The van der Waals surface area contributed by atoms with E-state index >= 15 is 0 Å². The Morgan fingerprint density at radius 1 is 1.44 bits per heavy atom. The normalized spacial score (nSPS) is 25.3. The predicted molar refractivity (Wildman–Crippen MR) is 61.9 cm³/mol. The van der Waals surface area contributed by atoms with Crippen molar-refractivity contribution >= 4 is 23.6 Å². The molecule has 0 aromatic rings. The fourth-order valence-electron chi connectivity index (χ4n) is 1.82. The molecule has 0 aromatic heterocycles. The number of thioether (sulfide) groups is 1. The Labute approximate surface area is 107 Å².